The molecule has 0 aromatic carbocycles. The Bertz CT molecular complexity index is 335. The quantitative estimate of drug-likeness (QED) is 0.805. The number of aliphatic hydroxyl groups excluding tert-OH is 1. The summed E-state index contributed by atoms with van der Waals surface area (Å²) in [5.74, 6) is 0. The van der Waals surface area contributed by atoms with Gasteiger partial charge in [0.25, 0.3) is 5.56 Å². The number of aryl methyl sites for hydroxylation is 1. The molecular formula is C9H12BrNO2. The molecule has 0 saturated heterocycles. The fraction of sp³-hybridized carbons (Fsp3) is 0.444. The largest absolute Gasteiger partial charge is 0.390 e. The molecule has 72 valence electrons. The van der Waals surface area contributed by atoms with Crippen molar-refractivity contribution >= 4 is 15.9 Å². The third kappa shape index (κ3) is 2.67. The minimum atomic E-state index is -0.515. The third-order valence-corrected chi connectivity index (χ3v) is 2.59. The number of halogens is 1. The summed E-state index contributed by atoms with van der Waals surface area (Å²) in [5.41, 5.74) is 0.799. The van der Waals surface area contributed by atoms with Gasteiger partial charge in [-0.1, -0.05) is 22.0 Å². The van der Waals surface area contributed by atoms with Crippen LogP contribution in [0.4, 0.5) is 0 Å². The highest BCUT2D eigenvalue weighted by Crippen LogP contribution is 1.98. The van der Waals surface area contributed by atoms with Gasteiger partial charge < -0.3 is 9.67 Å². The highest BCUT2D eigenvalue weighted by Gasteiger charge is 2.05. The van der Waals surface area contributed by atoms with Gasteiger partial charge in [-0.2, -0.15) is 0 Å². The van der Waals surface area contributed by atoms with E-state index in [0.717, 1.165) is 5.69 Å². The van der Waals surface area contributed by atoms with Crippen LogP contribution in [0.3, 0.4) is 0 Å². The summed E-state index contributed by atoms with van der Waals surface area (Å²) in [4.78, 5) is 11.3. The lowest BCUT2D eigenvalue weighted by molar-refractivity contribution is 0.177. The number of pyridine rings is 1. The van der Waals surface area contributed by atoms with Gasteiger partial charge in [0, 0.05) is 17.1 Å². The Morgan fingerprint density at radius 1 is 1.62 bits per heavy atom. The summed E-state index contributed by atoms with van der Waals surface area (Å²) < 4.78 is 1.56. The van der Waals surface area contributed by atoms with Gasteiger partial charge in [0.15, 0.2) is 0 Å². The van der Waals surface area contributed by atoms with E-state index in [1.54, 1.807) is 10.6 Å². The Balaban J connectivity index is 2.93. The molecular weight excluding hydrogens is 234 g/mol. The maximum absolute atomic E-state index is 11.3. The number of nitrogens with zero attached hydrogens (tertiary/aromatic N) is 1. The first kappa shape index (κ1) is 10.5. The average Bonchev–Trinajstić information content (AvgIpc) is 2.11. The molecule has 3 nitrogen and oxygen atoms in total. The van der Waals surface area contributed by atoms with Crippen LogP contribution in [-0.2, 0) is 6.54 Å². The maximum Gasteiger partial charge on any atom is 0.250 e. The summed E-state index contributed by atoms with van der Waals surface area (Å²) in [6.07, 6.45) is -0.515. The fourth-order valence-electron chi connectivity index (χ4n) is 1.12. The number of aromatic nitrogens is 1. The molecule has 1 aromatic rings. The van der Waals surface area contributed by atoms with Gasteiger partial charge in [-0.25, -0.2) is 0 Å². The number of alkyl halides is 1. The molecule has 1 unspecified atom stereocenters. The van der Waals surface area contributed by atoms with E-state index in [-0.39, 0.29) is 5.56 Å². The molecule has 1 heterocycles. The van der Waals surface area contributed by atoms with E-state index in [4.69, 9.17) is 0 Å². The molecule has 0 spiro atoms. The Kier molecular flexibility index (Phi) is 3.69. The molecule has 0 fully saturated rings. The maximum atomic E-state index is 11.3. The van der Waals surface area contributed by atoms with E-state index >= 15 is 0 Å². The van der Waals surface area contributed by atoms with Crippen LogP contribution in [0.5, 0.6) is 0 Å². The van der Waals surface area contributed by atoms with Gasteiger partial charge in [0.05, 0.1) is 12.6 Å². The van der Waals surface area contributed by atoms with Crippen molar-refractivity contribution in [1.82, 2.24) is 4.57 Å². The summed E-state index contributed by atoms with van der Waals surface area (Å²) in [5, 5.41) is 9.83. The van der Waals surface area contributed by atoms with Crippen molar-refractivity contribution in [1.29, 1.82) is 0 Å². The lowest BCUT2D eigenvalue weighted by atomic mass is 10.3. The van der Waals surface area contributed by atoms with Gasteiger partial charge in [0.2, 0.25) is 0 Å². The molecule has 1 N–H and O–H groups in total. The summed E-state index contributed by atoms with van der Waals surface area (Å²) >= 11 is 3.16. The molecule has 0 bridgehead atoms. The van der Waals surface area contributed by atoms with E-state index in [0.29, 0.717) is 11.9 Å². The first-order valence-electron chi connectivity index (χ1n) is 4.05. The van der Waals surface area contributed by atoms with Crippen molar-refractivity contribution in [2.24, 2.45) is 0 Å². The van der Waals surface area contributed by atoms with Crippen LogP contribution >= 0.6 is 15.9 Å². The van der Waals surface area contributed by atoms with Gasteiger partial charge in [-0.3, -0.25) is 4.79 Å². The molecule has 0 amide bonds. The second-order valence-corrected chi connectivity index (χ2v) is 3.57. The highest BCUT2D eigenvalue weighted by atomic mass is 79.9. The molecule has 0 aliphatic carbocycles. The molecule has 0 aliphatic rings. The van der Waals surface area contributed by atoms with Crippen molar-refractivity contribution in [3.8, 4) is 0 Å². The van der Waals surface area contributed by atoms with E-state index < -0.39 is 6.10 Å². The van der Waals surface area contributed by atoms with Gasteiger partial charge in [0.1, 0.15) is 0 Å². The van der Waals surface area contributed by atoms with Crippen molar-refractivity contribution in [2.45, 2.75) is 19.6 Å². The highest BCUT2D eigenvalue weighted by molar-refractivity contribution is 9.09. The zero-order chi connectivity index (χ0) is 9.84. The third-order valence-electron chi connectivity index (χ3n) is 1.84. The van der Waals surface area contributed by atoms with Crippen LogP contribution < -0.4 is 5.56 Å². The first-order valence-corrected chi connectivity index (χ1v) is 5.18. The molecule has 13 heavy (non-hydrogen) atoms. The van der Waals surface area contributed by atoms with Gasteiger partial charge in [-0.05, 0) is 13.0 Å². The van der Waals surface area contributed by atoms with E-state index in [1.807, 2.05) is 13.0 Å². The van der Waals surface area contributed by atoms with Crippen molar-refractivity contribution < 1.29 is 5.11 Å². The SMILES string of the molecule is Cc1cccc(=O)n1CC(O)CBr. The molecule has 4 heteroatoms. The van der Waals surface area contributed by atoms with Crippen LogP contribution in [0.1, 0.15) is 5.69 Å². The van der Waals surface area contributed by atoms with Crippen LogP contribution in [0.2, 0.25) is 0 Å². The van der Waals surface area contributed by atoms with E-state index in [9.17, 15) is 9.90 Å². The predicted octanol–water partition coefficient (Wildman–Crippen LogP) is 0.913. The molecule has 1 atom stereocenters. The first-order chi connectivity index (χ1) is 6.15. The van der Waals surface area contributed by atoms with Crippen molar-refractivity contribution in [3.63, 3.8) is 0 Å². The number of rotatable bonds is 3. The average molecular weight is 246 g/mol. The number of aliphatic hydroxyl groups is 1. The van der Waals surface area contributed by atoms with Crippen LogP contribution in [-0.4, -0.2) is 21.1 Å². The Labute approximate surface area is 85.1 Å². The van der Waals surface area contributed by atoms with E-state index in [2.05, 4.69) is 15.9 Å². The lowest BCUT2D eigenvalue weighted by Crippen LogP contribution is -2.28. The van der Waals surface area contributed by atoms with Crippen molar-refractivity contribution in [2.75, 3.05) is 5.33 Å². The molecule has 0 radical (unpaired) electrons. The molecule has 0 saturated carbocycles. The zero-order valence-electron chi connectivity index (χ0n) is 7.40. The fourth-order valence-corrected chi connectivity index (χ4v) is 1.32. The number of hydrogen-bond acceptors (Lipinski definition) is 2. The predicted molar refractivity (Wildman–Crippen MR) is 55.2 cm³/mol. The second-order valence-electron chi connectivity index (χ2n) is 2.92. The van der Waals surface area contributed by atoms with Crippen LogP contribution in [0.25, 0.3) is 0 Å². The summed E-state index contributed by atoms with van der Waals surface area (Å²) in [7, 11) is 0. The Morgan fingerprint density at radius 3 is 2.85 bits per heavy atom. The summed E-state index contributed by atoms with van der Waals surface area (Å²) in [6, 6.07) is 5.06. The molecule has 1 aromatic heterocycles. The lowest BCUT2D eigenvalue weighted by Gasteiger charge is -2.12. The van der Waals surface area contributed by atoms with E-state index in [1.165, 1.54) is 6.07 Å². The zero-order valence-corrected chi connectivity index (χ0v) is 8.99. The summed E-state index contributed by atoms with van der Waals surface area (Å²) in [6.45, 7) is 2.19. The normalized spacial score (nSPS) is 12.8. The van der Waals surface area contributed by atoms with Gasteiger partial charge in [-0.15, -0.1) is 0 Å². The monoisotopic (exact) mass is 245 g/mol. The topological polar surface area (TPSA) is 42.2 Å². The smallest absolute Gasteiger partial charge is 0.250 e. The minimum Gasteiger partial charge on any atom is -0.390 e. The Hall–Kier alpha value is -0.610. The number of hydrogen-bond donors (Lipinski definition) is 1. The van der Waals surface area contributed by atoms with Gasteiger partial charge >= 0.3 is 0 Å². The van der Waals surface area contributed by atoms with Crippen LogP contribution in [0.15, 0.2) is 23.0 Å². The molecule has 0 aliphatic heterocycles. The minimum absolute atomic E-state index is 0.0694. The Morgan fingerprint density at radius 2 is 2.31 bits per heavy atom. The second kappa shape index (κ2) is 4.58. The van der Waals surface area contributed by atoms with Crippen molar-refractivity contribution in [3.05, 3.63) is 34.2 Å². The standard InChI is InChI=1S/C9H12BrNO2/c1-7-3-2-4-9(13)11(7)6-8(12)5-10/h2-4,8,12H,5-6H2,1H3. The van der Waals surface area contributed by atoms with Crippen LogP contribution in [0, 0.1) is 6.92 Å². The molecule has 1 rings (SSSR count).